The summed E-state index contributed by atoms with van der Waals surface area (Å²) in [6.07, 6.45) is 5.62. The van der Waals surface area contributed by atoms with E-state index in [1.807, 2.05) is 23.7 Å². The minimum absolute atomic E-state index is 0.864. The first kappa shape index (κ1) is 15.1. The summed E-state index contributed by atoms with van der Waals surface area (Å²) >= 11 is 3.45. The molecule has 0 fully saturated rings. The van der Waals surface area contributed by atoms with Gasteiger partial charge in [-0.3, -0.25) is 4.98 Å². The highest BCUT2D eigenvalue weighted by Crippen LogP contribution is 2.25. The Kier molecular flexibility index (Phi) is 4.80. The van der Waals surface area contributed by atoms with Crippen molar-refractivity contribution in [2.45, 2.75) is 15.8 Å². The van der Waals surface area contributed by atoms with Crippen LogP contribution in [0.1, 0.15) is 5.56 Å². The summed E-state index contributed by atoms with van der Waals surface area (Å²) in [6, 6.07) is 12.5. The SMILES string of the molecule is CSc1ccc(CSc2nnc(-c3ccncc3)n2C)cc1. The lowest BCUT2D eigenvalue weighted by atomic mass is 10.2. The van der Waals surface area contributed by atoms with Crippen molar-refractivity contribution < 1.29 is 0 Å². The molecule has 0 aliphatic heterocycles. The van der Waals surface area contributed by atoms with Crippen LogP contribution in [0.15, 0.2) is 58.8 Å². The molecule has 2 aromatic heterocycles. The van der Waals surface area contributed by atoms with E-state index in [2.05, 4.69) is 45.7 Å². The maximum atomic E-state index is 4.29. The van der Waals surface area contributed by atoms with Crippen molar-refractivity contribution in [3.63, 3.8) is 0 Å². The largest absolute Gasteiger partial charge is 0.305 e. The summed E-state index contributed by atoms with van der Waals surface area (Å²) in [4.78, 5) is 5.32. The van der Waals surface area contributed by atoms with E-state index >= 15 is 0 Å². The summed E-state index contributed by atoms with van der Waals surface area (Å²) in [7, 11) is 1.99. The van der Waals surface area contributed by atoms with Crippen molar-refractivity contribution in [3.05, 3.63) is 54.4 Å². The van der Waals surface area contributed by atoms with E-state index < -0.39 is 0 Å². The summed E-state index contributed by atoms with van der Waals surface area (Å²) < 4.78 is 2.02. The third-order valence-electron chi connectivity index (χ3n) is 3.30. The van der Waals surface area contributed by atoms with E-state index in [0.29, 0.717) is 0 Å². The molecule has 2 heterocycles. The number of hydrogen-bond acceptors (Lipinski definition) is 5. The fourth-order valence-electron chi connectivity index (χ4n) is 2.06. The molecule has 6 heteroatoms. The zero-order chi connectivity index (χ0) is 15.4. The van der Waals surface area contributed by atoms with Crippen LogP contribution in [0.5, 0.6) is 0 Å². The van der Waals surface area contributed by atoms with Gasteiger partial charge in [-0.25, -0.2) is 0 Å². The molecule has 0 N–H and O–H groups in total. The van der Waals surface area contributed by atoms with Crippen molar-refractivity contribution >= 4 is 23.5 Å². The lowest BCUT2D eigenvalue weighted by Crippen LogP contribution is -1.95. The zero-order valence-corrected chi connectivity index (χ0v) is 14.1. The minimum Gasteiger partial charge on any atom is -0.305 e. The van der Waals surface area contributed by atoms with Gasteiger partial charge in [-0.1, -0.05) is 23.9 Å². The van der Waals surface area contributed by atoms with Gasteiger partial charge in [0.1, 0.15) is 0 Å². The molecule has 0 aliphatic carbocycles. The van der Waals surface area contributed by atoms with Gasteiger partial charge in [0.05, 0.1) is 0 Å². The van der Waals surface area contributed by atoms with Crippen molar-refractivity contribution in [2.75, 3.05) is 6.26 Å². The Morgan fingerprint density at radius 2 is 1.73 bits per heavy atom. The van der Waals surface area contributed by atoms with Crippen LogP contribution >= 0.6 is 23.5 Å². The molecule has 3 rings (SSSR count). The van der Waals surface area contributed by atoms with Gasteiger partial charge in [0, 0.05) is 35.7 Å². The Morgan fingerprint density at radius 3 is 2.41 bits per heavy atom. The highest BCUT2D eigenvalue weighted by molar-refractivity contribution is 7.98. The average Bonchev–Trinajstić information content (AvgIpc) is 2.95. The average molecular weight is 328 g/mol. The highest BCUT2D eigenvalue weighted by Gasteiger charge is 2.11. The Balaban J connectivity index is 1.72. The zero-order valence-electron chi connectivity index (χ0n) is 12.4. The normalized spacial score (nSPS) is 10.8. The molecule has 0 aliphatic rings. The van der Waals surface area contributed by atoms with Gasteiger partial charge in [0.2, 0.25) is 0 Å². The second-order valence-electron chi connectivity index (χ2n) is 4.74. The monoisotopic (exact) mass is 328 g/mol. The topological polar surface area (TPSA) is 43.6 Å². The third-order valence-corrected chi connectivity index (χ3v) is 5.14. The Bertz CT molecular complexity index is 739. The first-order valence-corrected chi connectivity index (χ1v) is 9.04. The van der Waals surface area contributed by atoms with Gasteiger partial charge < -0.3 is 4.57 Å². The number of hydrogen-bond donors (Lipinski definition) is 0. The van der Waals surface area contributed by atoms with Crippen molar-refractivity contribution in [1.82, 2.24) is 19.7 Å². The van der Waals surface area contributed by atoms with Gasteiger partial charge >= 0.3 is 0 Å². The second-order valence-corrected chi connectivity index (χ2v) is 6.56. The van der Waals surface area contributed by atoms with Crippen molar-refractivity contribution in [2.24, 2.45) is 7.05 Å². The molecule has 112 valence electrons. The fraction of sp³-hybridized carbons (Fsp3) is 0.188. The molecule has 3 aromatic rings. The molecule has 1 aromatic carbocycles. The molecule has 22 heavy (non-hydrogen) atoms. The van der Waals surface area contributed by atoms with Gasteiger partial charge in [-0.2, -0.15) is 0 Å². The summed E-state index contributed by atoms with van der Waals surface area (Å²) in [5.74, 6) is 1.75. The maximum absolute atomic E-state index is 4.29. The Morgan fingerprint density at radius 1 is 1.00 bits per heavy atom. The van der Waals surface area contributed by atoms with Crippen LogP contribution in [0.4, 0.5) is 0 Å². The van der Waals surface area contributed by atoms with E-state index in [1.165, 1.54) is 10.5 Å². The molecular weight excluding hydrogens is 312 g/mol. The fourth-order valence-corrected chi connectivity index (χ4v) is 3.34. The van der Waals surface area contributed by atoms with Crippen molar-refractivity contribution in [3.8, 4) is 11.4 Å². The lowest BCUT2D eigenvalue weighted by molar-refractivity contribution is 0.793. The molecule has 0 saturated carbocycles. The number of thioether (sulfide) groups is 2. The summed E-state index contributed by atoms with van der Waals surface area (Å²) in [5.41, 5.74) is 2.32. The Hall–Kier alpha value is -1.79. The van der Waals surface area contributed by atoms with Crippen LogP contribution in [0.2, 0.25) is 0 Å². The molecule has 0 saturated heterocycles. The molecule has 0 atom stereocenters. The molecule has 0 spiro atoms. The Labute approximate surface area is 138 Å². The summed E-state index contributed by atoms with van der Waals surface area (Å²) in [6.45, 7) is 0. The van der Waals surface area contributed by atoms with E-state index in [1.54, 1.807) is 35.9 Å². The first-order chi connectivity index (χ1) is 10.8. The predicted octanol–water partition coefficient (Wildman–Crippen LogP) is 3.89. The number of aromatic nitrogens is 4. The first-order valence-electron chi connectivity index (χ1n) is 6.83. The van der Waals surface area contributed by atoms with E-state index in [0.717, 1.165) is 22.3 Å². The predicted molar refractivity (Wildman–Crippen MR) is 92.0 cm³/mol. The molecule has 0 radical (unpaired) electrons. The molecule has 0 amide bonds. The molecule has 0 bridgehead atoms. The summed E-state index contributed by atoms with van der Waals surface area (Å²) in [5, 5.41) is 9.50. The highest BCUT2D eigenvalue weighted by atomic mass is 32.2. The molecular formula is C16H16N4S2. The van der Waals surface area contributed by atoms with Gasteiger partial charge in [-0.15, -0.1) is 22.0 Å². The van der Waals surface area contributed by atoms with Crippen LogP contribution in [0.3, 0.4) is 0 Å². The third kappa shape index (κ3) is 3.34. The molecule has 4 nitrogen and oxygen atoms in total. The van der Waals surface area contributed by atoms with Crippen LogP contribution in [0, 0.1) is 0 Å². The van der Waals surface area contributed by atoms with Crippen LogP contribution in [-0.4, -0.2) is 26.0 Å². The number of nitrogens with zero attached hydrogens (tertiary/aromatic N) is 4. The van der Waals surface area contributed by atoms with Crippen molar-refractivity contribution in [1.29, 1.82) is 0 Å². The van der Waals surface area contributed by atoms with Crippen LogP contribution in [0.25, 0.3) is 11.4 Å². The van der Waals surface area contributed by atoms with E-state index in [-0.39, 0.29) is 0 Å². The number of benzene rings is 1. The smallest absolute Gasteiger partial charge is 0.191 e. The van der Waals surface area contributed by atoms with E-state index in [4.69, 9.17) is 0 Å². The molecule has 0 unspecified atom stereocenters. The second kappa shape index (κ2) is 6.98. The standard InChI is InChI=1S/C16H16N4S2/c1-20-15(13-7-9-17-10-8-13)18-19-16(20)22-11-12-3-5-14(21-2)6-4-12/h3-10H,11H2,1-2H3. The number of rotatable bonds is 5. The van der Waals surface area contributed by atoms with Gasteiger partial charge in [-0.05, 0) is 36.1 Å². The maximum Gasteiger partial charge on any atom is 0.191 e. The minimum atomic E-state index is 0.864. The quantitative estimate of drug-likeness (QED) is 0.665. The van der Waals surface area contributed by atoms with Gasteiger partial charge in [0.25, 0.3) is 0 Å². The van der Waals surface area contributed by atoms with E-state index in [9.17, 15) is 0 Å². The van der Waals surface area contributed by atoms with Crippen LogP contribution < -0.4 is 0 Å². The lowest BCUT2D eigenvalue weighted by Gasteiger charge is -2.04. The number of pyridine rings is 1. The van der Waals surface area contributed by atoms with Gasteiger partial charge in [0.15, 0.2) is 11.0 Å². The van der Waals surface area contributed by atoms with Crippen LogP contribution in [-0.2, 0) is 12.8 Å².